The first kappa shape index (κ1) is 19.4. The van der Waals surface area contributed by atoms with Gasteiger partial charge in [-0.2, -0.15) is 0 Å². The number of aliphatic imine (C=N–C) groups is 1. The fourth-order valence-corrected chi connectivity index (χ4v) is 2.75. The molecule has 4 nitrogen and oxygen atoms in total. The molecule has 0 saturated carbocycles. The largest absolute Gasteiger partial charge is 0.494 e. The molecule has 1 aliphatic rings. The van der Waals surface area contributed by atoms with Crippen LogP contribution in [0.4, 0.5) is 0 Å². The number of nitrogens with two attached hydrogens (primary N) is 1. The predicted molar refractivity (Wildman–Crippen MR) is 104 cm³/mol. The van der Waals surface area contributed by atoms with E-state index in [2.05, 4.69) is 9.89 Å². The number of hydrogen-bond donors (Lipinski definition) is 1. The fourth-order valence-electron chi connectivity index (χ4n) is 2.55. The van der Waals surface area contributed by atoms with E-state index in [1.165, 1.54) is 19.3 Å². The normalized spacial score (nSPS) is 15.4. The van der Waals surface area contributed by atoms with Crippen molar-refractivity contribution in [3.8, 4) is 5.75 Å². The molecular formula is C16H25ClIN3O. The zero-order valence-electron chi connectivity index (χ0n) is 13.1. The maximum absolute atomic E-state index is 6.06. The molecule has 0 atom stereocenters. The van der Waals surface area contributed by atoms with Crippen molar-refractivity contribution in [1.82, 2.24) is 4.90 Å². The zero-order valence-corrected chi connectivity index (χ0v) is 16.1. The van der Waals surface area contributed by atoms with E-state index in [4.69, 9.17) is 22.1 Å². The minimum atomic E-state index is 0. The molecule has 0 amide bonds. The molecule has 1 fully saturated rings. The summed E-state index contributed by atoms with van der Waals surface area (Å²) in [6.07, 6.45) is 4.49. The maximum atomic E-state index is 6.06. The summed E-state index contributed by atoms with van der Waals surface area (Å²) in [6.45, 7) is 5.33. The van der Waals surface area contributed by atoms with Gasteiger partial charge in [-0.1, -0.05) is 11.6 Å². The monoisotopic (exact) mass is 437 g/mol. The fraction of sp³-hybridized carbons (Fsp3) is 0.562. The smallest absolute Gasteiger partial charge is 0.191 e. The lowest BCUT2D eigenvalue weighted by Crippen LogP contribution is -2.41. The van der Waals surface area contributed by atoms with Gasteiger partial charge in [-0.05, 0) is 56.4 Å². The van der Waals surface area contributed by atoms with Gasteiger partial charge in [-0.25, -0.2) is 0 Å². The Bertz CT molecular complexity index is 490. The van der Waals surface area contributed by atoms with Crippen molar-refractivity contribution in [3.05, 3.63) is 28.8 Å². The highest BCUT2D eigenvalue weighted by molar-refractivity contribution is 14.0. The van der Waals surface area contributed by atoms with Gasteiger partial charge >= 0.3 is 0 Å². The third-order valence-corrected chi connectivity index (χ3v) is 3.89. The first-order valence-electron chi connectivity index (χ1n) is 7.67. The molecule has 1 aromatic rings. The maximum Gasteiger partial charge on any atom is 0.191 e. The van der Waals surface area contributed by atoms with Crippen LogP contribution in [0, 0.1) is 0 Å². The molecule has 0 spiro atoms. The van der Waals surface area contributed by atoms with E-state index in [0.717, 1.165) is 35.8 Å². The molecule has 2 N–H and O–H groups in total. The second-order valence-electron chi connectivity index (χ2n) is 5.22. The van der Waals surface area contributed by atoms with Crippen LogP contribution in [0.2, 0.25) is 5.02 Å². The van der Waals surface area contributed by atoms with Crippen LogP contribution in [-0.2, 0) is 6.42 Å². The summed E-state index contributed by atoms with van der Waals surface area (Å²) >= 11 is 6.06. The van der Waals surface area contributed by atoms with Gasteiger partial charge in [0, 0.05) is 24.7 Å². The van der Waals surface area contributed by atoms with Gasteiger partial charge in [0.05, 0.1) is 6.61 Å². The molecule has 2 rings (SSSR count). The van der Waals surface area contributed by atoms with E-state index in [1.807, 2.05) is 25.1 Å². The molecular weight excluding hydrogens is 413 g/mol. The van der Waals surface area contributed by atoms with Crippen molar-refractivity contribution in [2.75, 3.05) is 26.2 Å². The molecule has 0 bridgehead atoms. The van der Waals surface area contributed by atoms with Crippen molar-refractivity contribution < 1.29 is 4.74 Å². The number of guanidine groups is 1. The van der Waals surface area contributed by atoms with Gasteiger partial charge < -0.3 is 15.4 Å². The van der Waals surface area contributed by atoms with E-state index in [0.29, 0.717) is 19.1 Å². The van der Waals surface area contributed by atoms with Gasteiger partial charge in [0.2, 0.25) is 0 Å². The summed E-state index contributed by atoms with van der Waals surface area (Å²) in [5.74, 6) is 1.54. The Morgan fingerprint density at radius 2 is 2.05 bits per heavy atom. The molecule has 0 radical (unpaired) electrons. The Balaban J connectivity index is 0.00000242. The van der Waals surface area contributed by atoms with Gasteiger partial charge in [0.1, 0.15) is 5.75 Å². The molecule has 22 heavy (non-hydrogen) atoms. The SMILES string of the molecule is CCOc1ccc(Cl)cc1CCN=C(N)N1CCCCC1.I. The highest BCUT2D eigenvalue weighted by Crippen LogP contribution is 2.23. The van der Waals surface area contributed by atoms with E-state index in [9.17, 15) is 0 Å². The number of nitrogens with zero attached hydrogens (tertiary/aromatic N) is 2. The summed E-state index contributed by atoms with van der Waals surface area (Å²) in [5.41, 5.74) is 7.14. The summed E-state index contributed by atoms with van der Waals surface area (Å²) < 4.78 is 5.62. The third-order valence-electron chi connectivity index (χ3n) is 3.66. The molecule has 0 aliphatic carbocycles. The number of piperidine rings is 1. The van der Waals surface area contributed by atoms with Gasteiger partial charge in [0.25, 0.3) is 0 Å². The van der Waals surface area contributed by atoms with Crippen LogP contribution in [0.5, 0.6) is 5.75 Å². The Kier molecular flexibility index (Phi) is 8.93. The number of likely N-dealkylation sites (tertiary alicyclic amines) is 1. The van der Waals surface area contributed by atoms with E-state index < -0.39 is 0 Å². The van der Waals surface area contributed by atoms with Crippen molar-refractivity contribution in [2.24, 2.45) is 10.7 Å². The molecule has 124 valence electrons. The average Bonchev–Trinajstić information content (AvgIpc) is 2.51. The highest BCUT2D eigenvalue weighted by Gasteiger charge is 2.11. The number of benzene rings is 1. The van der Waals surface area contributed by atoms with Crippen LogP contribution >= 0.6 is 35.6 Å². The first-order valence-corrected chi connectivity index (χ1v) is 8.04. The summed E-state index contributed by atoms with van der Waals surface area (Å²) in [4.78, 5) is 6.67. The van der Waals surface area contributed by atoms with Gasteiger partial charge in [0.15, 0.2) is 5.96 Å². The minimum Gasteiger partial charge on any atom is -0.494 e. The summed E-state index contributed by atoms with van der Waals surface area (Å²) in [5, 5.41) is 0.724. The quantitative estimate of drug-likeness (QED) is 0.434. The average molecular weight is 438 g/mol. The number of halogens is 2. The number of ether oxygens (including phenoxy) is 1. The Labute approximate surface area is 155 Å². The van der Waals surface area contributed by atoms with Crippen LogP contribution < -0.4 is 10.5 Å². The highest BCUT2D eigenvalue weighted by atomic mass is 127. The van der Waals surface area contributed by atoms with Gasteiger partial charge in [-0.3, -0.25) is 4.99 Å². The van der Waals surface area contributed by atoms with Crippen molar-refractivity contribution in [3.63, 3.8) is 0 Å². The van der Waals surface area contributed by atoms with Crippen LogP contribution in [0.25, 0.3) is 0 Å². The molecule has 1 aromatic carbocycles. The topological polar surface area (TPSA) is 50.9 Å². The molecule has 1 heterocycles. The summed E-state index contributed by atoms with van der Waals surface area (Å²) in [7, 11) is 0. The van der Waals surface area contributed by atoms with E-state index in [-0.39, 0.29) is 24.0 Å². The van der Waals surface area contributed by atoms with Gasteiger partial charge in [-0.15, -0.1) is 24.0 Å². The Hall–Kier alpha value is -0.690. The van der Waals surface area contributed by atoms with Crippen LogP contribution in [0.1, 0.15) is 31.7 Å². The predicted octanol–water partition coefficient (Wildman–Crippen LogP) is 3.70. The van der Waals surface area contributed by atoms with Crippen molar-refractivity contribution in [2.45, 2.75) is 32.6 Å². The Morgan fingerprint density at radius 3 is 2.73 bits per heavy atom. The molecule has 1 saturated heterocycles. The van der Waals surface area contributed by atoms with Crippen LogP contribution in [-0.4, -0.2) is 37.1 Å². The third kappa shape index (κ3) is 5.83. The van der Waals surface area contributed by atoms with Crippen molar-refractivity contribution in [1.29, 1.82) is 0 Å². The standard InChI is InChI=1S/C16H24ClN3O.HI/c1-2-21-15-7-6-14(17)12-13(15)8-9-19-16(18)20-10-4-3-5-11-20;/h6-7,12H,2-5,8-11H2,1H3,(H2,18,19);1H. The molecule has 0 aromatic heterocycles. The van der Waals surface area contributed by atoms with Crippen LogP contribution in [0.15, 0.2) is 23.2 Å². The van der Waals surface area contributed by atoms with E-state index >= 15 is 0 Å². The lowest BCUT2D eigenvalue weighted by atomic mass is 10.1. The Morgan fingerprint density at radius 1 is 1.32 bits per heavy atom. The van der Waals surface area contributed by atoms with Crippen LogP contribution in [0.3, 0.4) is 0 Å². The summed E-state index contributed by atoms with van der Waals surface area (Å²) in [6, 6.07) is 5.71. The number of hydrogen-bond acceptors (Lipinski definition) is 2. The second kappa shape index (κ2) is 10.2. The molecule has 1 aliphatic heterocycles. The second-order valence-corrected chi connectivity index (χ2v) is 5.66. The minimum absolute atomic E-state index is 0. The number of rotatable bonds is 5. The molecule has 6 heteroatoms. The van der Waals surface area contributed by atoms with E-state index in [1.54, 1.807) is 0 Å². The zero-order chi connectivity index (χ0) is 15.1. The lowest BCUT2D eigenvalue weighted by molar-refractivity contribution is 0.335. The van der Waals surface area contributed by atoms with Crippen molar-refractivity contribution >= 4 is 41.5 Å². The molecule has 0 unspecified atom stereocenters. The lowest BCUT2D eigenvalue weighted by Gasteiger charge is -2.27. The first-order chi connectivity index (χ1) is 10.2.